The van der Waals surface area contributed by atoms with Crippen molar-refractivity contribution in [2.24, 2.45) is 11.0 Å². The minimum absolute atomic E-state index is 0.120. The predicted molar refractivity (Wildman–Crippen MR) is 114 cm³/mol. The van der Waals surface area contributed by atoms with Crippen molar-refractivity contribution in [1.29, 1.82) is 0 Å². The summed E-state index contributed by atoms with van der Waals surface area (Å²) in [6.45, 7) is 3.95. The van der Waals surface area contributed by atoms with E-state index in [4.69, 9.17) is 10.5 Å². The summed E-state index contributed by atoms with van der Waals surface area (Å²) in [7, 11) is 0. The van der Waals surface area contributed by atoms with Crippen molar-refractivity contribution in [3.63, 3.8) is 0 Å². The van der Waals surface area contributed by atoms with E-state index in [9.17, 15) is 9.59 Å². The van der Waals surface area contributed by atoms with Gasteiger partial charge in [0.25, 0.3) is 0 Å². The molecule has 150 valence electrons. The Labute approximate surface area is 173 Å². The number of hydrogen-bond donors (Lipinski definition) is 1. The van der Waals surface area contributed by atoms with Crippen LogP contribution in [0.1, 0.15) is 30.6 Å². The highest BCUT2D eigenvalue weighted by atomic mass is 16.2. The third kappa shape index (κ3) is 5.06. The van der Waals surface area contributed by atoms with Crippen molar-refractivity contribution in [2.45, 2.75) is 20.3 Å². The third-order valence-electron chi connectivity index (χ3n) is 4.23. The van der Waals surface area contributed by atoms with Crippen molar-refractivity contribution in [2.75, 3.05) is 5.32 Å². The number of amides is 2. The fraction of sp³-hybridized carbons (Fsp3) is 0.182. The quantitative estimate of drug-likeness (QED) is 0.345. The molecule has 0 spiro atoms. The van der Waals surface area contributed by atoms with Crippen molar-refractivity contribution in [3.8, 4) is 22.5 Å². The SMILES string of the molecule is CC(C)CC(=O)Nc1ncc(-c2ccc(C(=O)N=[N+]=[N-])cc2)nc1-c1ccccc1. The Kier molecular flexibility index (Phi) is 6.52. The number of carbonyl (C=O) groups is 2. The van der Waals surface area contributed by atoms with Gasteiger partial charge in [0.1, 0.15) is 5.69 Å². The smallest absolute Gasteiger partial charge is 0.249 e. The lowest BCUT2D eigenvalue weighted by atomic mass is 10.1. The zero-order valence-electron chi connectivity index (χ0n) is 16.6. The number of anilines is 1. The van der Waals surface area contributed by atoms with Gasteiger partial charge in [-0.15, -0.1) is 0 Å². The number of carbonyl (C=O) groups excluding carboxylic acids is 2. The second kappa shape index (κ2) is 9.45. The average Bonchev–Trinajstić information content (AvgIpc) is 2.74. The molecule has 0 aliphatic carbocycles. The lowest BCUT2D eigenvalue weighted by Gasteiger charge is -2.12. The number of rotatable bonds is 6. The van der Waals surface area contributed by atoms with Gasteiger partial charge in [-0.3, -0.25) is 9.59 Å². The Hall–Kier alpha value is -4.03. The maximum absolute atomic E-state index is 12.3. The Morgan fingerprint density at radius 2 is 1.77 bits per heavy atom. The maximum atomic E-state index is 12.3. The topological polar surface area (TPSA) is 121 Å². The molecule has 1 N–H and O–H groups in total. The monoisotopic (exact) mass is 400 g/mol. The van der Waals surface area contributed by atoms with Crippen LogP contribution in [0.3, 0.4) is 0 Å². The molecule has 2 amide bonds. The molecule has 3 rings (SSSR count). The molecule has 0 unspecified atom stereocenters. The number of aromatic nitrogens is 2. The highest BCUT2D eigenvalue weighted by molar-refractivity contribution is 5.95. The van der Waals surface area contributed by atoms with Crippen LogP contribution in [0, 0.1) is 5.92 Å². The van der Waals surface area contributed by atoms with E-state index in [0.29, 0.717) is 23.6 Å². The molecule has 0 saturated heterocycles. The van der Waals surface area contributed by atoms with Crippen molar-refractivity contribution >= 4 is 17.6 Å². The summed E-state index contributed by atoms with van der Waals surface area (Å²) in [5.41, 5.74) is 11.4. The van der Waals surface area contributed by atoms with Crippen LogP contribution < -0.4 is 5.32 Å². The van der Waals surface area contributed by atoms with Gasteiger partial charge in [0.2, 0.25) is 11.8 Å². The van der Waals surface area contributed by atoms with Crippen molar-refractivity contribution in [1.82, 2.24) is 9.97 Å². The summed E-state index contributed by atoms with van der Waals surface area (Å²) in [6, 6.07) is 16.0. The van der Waals surface area contributed by atoms with Gasteiger partial charge in [-0.1, -0.05) is 68.4 Å². The summed E-state index contributed by atoms with van der Waals surface area (Å²) in [5.74, 6) is -0.150. The van der Waals surface area contributed by atoms with E-state index in [0.717, 1.165) is 11.1 Å². The van der Waals surface area contributed by atoms with Crippen LogP contribution in [-0.4, -0.2) is 21.8 Å². The molecule has 8 heteroatoms. The molecule has 3 aromatic rings. The summed E-state index contributed by atoms with van der Waals surface area (Å²) in [6.07, 6.45) is 1.96. The Bertz CT molecular complexity index is 1100. The maximum Gasteiger partial charge on any atom is 0.249 e. The van der Waals surface area contributed by atoms with Crippen LogP contribution in [-0.2, 0) is 4.79 Å². The van der Waals surface area contributed by atoms with Gasteiger partial charge >= 0.3 is 0 Å². The van der Waals surface area contributed by atoms with Gasteiger partial charge in [-0.25, -0.2) is 9.97 Å². The molecular weight excluding hydrogens is 380 g/mol. The van der Waals surface area contributed by atoms with Crippen LogP contribution >= 0.6 is 0 Å². The number of hydrogen-bond acceptors (Lipinski definition) is 4. The lowest BCUT2D eigenvalue weighted by molar-refractivity contribution is -0.116. The highest BCUT2D eigenvalue weighted by Crippen LogP contribution is 2.28. The number of nitrogens with zero attached hydrogens (tertiary/aromatic N) is 5. The van der Waals surface area contributed by atoms with Gasteiger partial charge in [0.15, 0.2) is 5.82 Å². The number of azide groups is 1. The van der Waals surface area contributed by atoms with E-state index >= 15 is 0 Å². The second-order valence-electron chi connectivity index (χ2n) is 7.04. The lowest BCUT2D eigenvalue weighted by Crippen LogP contribution is -2.16. The Morgan fingerprint density at radius 3 is 2.40 bits per heavy atom. The zero-order valence-corrected chi connectivity index (χ0v) is 16.6. The molecule has 0 bridgehead atoms. The van der Waals surface area contributed by atoms with Crippen molar-refractivity contribution < 1.29 is 9.59 Å². The van der Waals surface area contributed by atoms with E-state index in [1.807, 2.05) is 44.2 Å². The molecule has 30 heavy (non-hydrogen) atoms. The molecule has 0 radical (unpaired) electrons. The fourth-order valence-corrected chi connectivity index (χ4v) is 2.85. The Balaban J connectivity index is 1.98. The standard InChI is InChI=1S/C22H20N6O2/c1-14(2)12-19(29)26-21-20(16-6-4-3-5-7-16)25-18(13-24-21)15-8-10-17(11-9-15)22(30)27-28-23/h3-11,13-14H,12H2,1-2H3,(H,24,26,29). The average molecular weight is 400 g/mol. The number of nitrogens with one attached hydrogen (secondary N) is 1. The zero-order chi connectivity index (χ0) is 21.5. The second-order valence-corrected chi connectivity index (χ2v) is 7.04. The minimum atomic E-state index is -0.650. The van der Waals surface area contributed by atoms with Crippen molar-refractivity contribution in [3.05, 3.63) is 76.8 Å². The summed E-state index contributed by atoms with van der Waals surface area (Å²) in [5, 5.41) is 5.94. The molecule has 8 nitrogen and oxygen atoms in total. The largest absolute Gasteiger partial charge is 0.309 e. The highest BCUT2D eigenvalue weighted by Gasteiger charge is 2.15. The molecule has 0 aliphatic heterocycles. The summed E-state index contributed by atoms with van der Waals surface area (Å²) >= 11 is 0. The fourth-order valence-electron chi connectivity index (χ4n) is 2.85. The first-order chi connectivity index (χ1) is 14.5. The summed E-state index contributed by atoms with van der Waals surface area (Å²) in [4.78, 5) is 35.6. The first-order valence-corrected chi connectivity index (χ1v) is 9.40. The van der Waals surface area contributed by atoms with Crippen LogP contribution in [0.25, 0.3) is 33.0 Å². The van der Waals surface area contributed by atoms with Gasteiger partial charge in [-0.05, 0) is 16.6 Å². The van der Waals surface area contributed by atoms with Crippen LogP contribution in [0.5, 0.6) is 0 Å². The molecule has 0 atom stereocenters. The van der Waals surface area contributed by atoms with Gasteiger partial charge < -0.3 is 5.32 Å². The van der Waals surface area contributed by atoms with E-state index in [-0.39, 0.29) is 17.4 Å². The molecule has 0 saturated carbocycles. The molecule has 0 aliphatic rings. The van der Waals surface area contributed by atoms with Crippen LogP contribution in [0.4, 0.5) is 5.82 Å². The molecule has 0 fully saturated rings. The number of benzene rings is 2. The minimum Gasteiger partial charge on any atom is -0.309 e. The van der Waals surface area contributed by atoms with Gasteiger partial charge in [-0.2, -0.15) is 0 Å². The van der Waals surface area contributed by atoms with E-state index in [1.165, 1.54) is 0 Å². The Morgan fingerprint density at radius 1 is 1.07 bits per heavy atom. The summed E-state index contributed by atoms with van der Waals surface area (Å²) < 4.78 is 0. The van der Waals surface area contributed by atoms with E-state index in [1.54, 1.807) is 30.5 Å². The molecule has 1 heterocycles. The molecular formula is C22H20N6O2. The molecule has 1 aromatic heterocycles. The first kappa shape index (κ1) is 20.7. The van der Waals surface area contributed by atoms with Crippen LogP contribution in [0.15, 0.2) is 65.9 Å². The third-order valence-corrected chi connectivity index (χ3v) is 4.23. The first-order valence-electron chi connectivity index (χ1n) is 9.40. The normalized spacial score (nSPS) is 10.4. The van der Waals surface area contributed by atoms with Gasteiger partial charge in [0, 0.05) is 28.0 Å². The van der Waals surface area contributed by atoms with Crippen LogP contribution in [0.2, 0.25) is 0 Å². The molecule has 2 aromatic carbocycles. The van der Waals surface area contributed by atoms with E-state index in [2.05, 4.69) is 20.3 Å². The van der Waals surface area contributed by atoms with E-state index < -0.39 is 5.91 Å². The predicted octanol–water partition coefficient (Wildman–Crippen LogP) is 5.25. The van der Waals surface area contributed by atoms with Gasteiger partial charge in [0.05, 0.1) is 11.9 Å².